The Morgan fingerprint density at radius 3 is 2.22 bits per heavy atom. The Labute approximate surface area is 109 Å². The van der Waals surface area contributed by atoms with Crippen LogP contribution in [0.25, 0.3) is 0 Å². The smallest absolute Gasteiger partial charge is 0.274 e. The van der Waals surface area contributed by atoms with E-state index in [4.69, 9.17) is 5.14 Å². The first-order chi connectivity index (χ1) is 8.46. The van der Waals surface area contributed by atoms with Gasteiger partial charge in [0.15, 0.2) is 0 Å². The van der Waals surface area contributed by atoms with Crippen molar-refractivity contribution < 1.29 is 8.42 Å². The first-order valence-corrected chi connectivity index (χ1v) is 7.57. The van der Waals surface area contributed by atoms with Gasteiger partial charge in [-0.1, -0.05) is 38.1 Å². The van der Waals surface area contributed by atoms with Crippen molar-refractivity contribution in [3.05, 3.63) is 35.4 Å². The van der Waals surface area contributed by atoms with Gasteiger partial charge in [0, 0.05) is 13.1 Å². The van der Waals surface area contributed by atoms with Crippen LogP contribution in [0.1, 0.15) is 25.0 Å². The third-order valence-electron chi connectivity index (χ3n) is 2.87. The summed E-state index contributed by atoms with van der Waals surface area (Å²) in [6.45, 7) is 7.19. The second kappa shape index (κ2) is 6.84. The zero-order valence-corrected chi connectivity index (χ0v) is 11.7. The van der Waals surface area contributed by atoms with Crippen molar-refractivity contribution in [1.29, 1.82) is 0 Å². The molecule has 0 saturated heterocycles. The van der Waals surface area contributed by atoms with Crippen LogP contribution >= 0.6 is 0 Å². The zero-order chi connectivity index (χ0) is 13.6. The number of hydrogen-bond acceptors (Lipinski definition) is 3. The number of rotatable bonds is 7. The fourth-order valence-corrected chi connectivity index (χ4v) is 2.11. The number of hydrogen-bond donors (Lipinski definition) is 2. The molecule has 102 valence electrons. The maximum Gasteiger partial charge on any atom is 0.274 e. The predicted octanol–water partition coefficient (Wildman–Crippen LogP) is 0.822. The second-order valence-corrected chi connectivity index (χ2v) is 5.47. The van der Waals surface area contributed by atoms with Crippen molar-refractivity contribution in [1.82, 2.24) is 9.62 Å². The average Bonchev–Trinajstić information content (AvgIpc) is 2.33. The van der Waals surface area contributed by atoms with Crippen molar-refractivity contribution >= 4 is 10.2 Å². The molecule has 18 heavy (non-hydrogen) atoms. The van der Waals surface area contributed by atoms with Gasteiger partial charge < -0.3 is 0 Å². The molecule has 0 atom stereocenters. The van der Waals surface area contributed by atoms with E-state index in [-0.39, 0.29) is 6.54 Å². The highest BCUT2D eigenvalue weighted by atomic mass is 32.2. The largest absolute Gasteiger partial charge is 0.300 e. The first kappa shape index (κ1) is 15.1. The van der Waals surface area contributed by atoms with E-state index < -0.39 is 10.2 Å². The molecule has 0 aliphatic heterocycles. The molecule has 1 aromatic rings. The van der Waals surface area contributed by atoms with Crippen LogP contribution < -0.4 is 9.86 Å². The summed E-state index contributed by atoms with van der Waals surface area (Å²) in [5.41, 5.74) is 2.08. The molecule has 0 unspecified atom stereocenters. The maximum absolute atomic E-state index is 10.9. The summed E-state index contributed by atoms with van der Waals surface area (Å²) in [5, 5.41) is 4.94. The van der Waals surface area contributed by atoms with Gasteiger partial charge in [-0.05, 0) is 24.2 Å². The van der Waals surface area contributed by atoms with Gasteiger partial charge in [-0.2, -0.15) is 13.1 Å². The zero-order valence-electron chi connectivity index (χ0n) is 10.9. The summed E-state index contributed by atoms with van der Waals surface area (Å²) >= 11 is 0. The van der Waals surface area contributed by atoms with Crippen molar-refractivity contribution in [3.63, 3.8) is 0 Å². The topological polar surface area (TPSA) is 75.4 Å². The molecule has 1 aromatic carbocycles. The van der Waals surface area contributed by atoms with E-state index in [0.29, 0.717) is 0 Å². The van der Waals surface area contributed by atoms with E-state index in [1.54, 1.807) is 0 Å². The maximum atomic E-state index is 10.9. The van der Waals surface area contributed by atoms with E-state index in [1.807, 2.05) is 24.3 Å². The molecule has 0 aliphatic rings. The third kappa shape index (κ3) is 5.14. The minimum absolute atomic E-state index is 0.232. The highest BCUT2D eigenvalue weighted by Crippen LogP contribution is 2.11. The average molecular weight is 271 g/mol. The molecule has 0 radical (unpaired) electrons. The van der Waals surface area contributed by atoms with E-state index in [9.17, 15) is 8.42 Å². The SMILES string of the molecule is CCN(CC)Cc1ccccc1CNS(N)(=O)=O. The number of nitrogens with zero attached hydrogens (tertiary/aromatic N) is 1. The molecule has 0 aliphatic carbocycles. The lowest BCUT2D eigenvalue weighted by atomic mass is 10.1. The van der Waals surface area contributed by atoms with Gasteiger partial charge in [0.2, 0.25) is 0 Å². The third-order valence-corrected chi connectivity index (χ3v) is 3.42. The lowest BCUT2D eigenvalue weighted by Crippen LogP contribution is -2.31. The molecule has 3 N–H and O–H groups in total. The fourth-order valence-electron chi connectivity index (χ4n) is 1.75. The van der Waals surface area contributed by atoms with Gasteiger partial charge in [0.1, 0.15) is 0 Å². The standard InChI is InChI=1S/C12H21N3O2S/c1-3-15(4-2)10-12-8-6-5-7-11(12)9-14-18(13,16)17/h5-8,14H,3-4,9-10H2,1-2H3,(H2,13,16,17). The van der Waals surface area contributed by atoms with Crippen molar-refractivity contribution in [2.45, 2.75) is 26.9 Å². The molecule has 5 nitrogen and oxygen atoms in total. The van der Waals surface area contributed by atoms with Crippen LogP contribution in [-0.4, -0.2) is 26.4 Å². The van der Waals surface area contributed by atoms with Crippen LogP contribution in [0.3, 0.4) is 0 Å². The molecule has 6 heteroatoms. The summed E-state index contributed by atoms with van der Waals surface area (Å²) in [4.78, 5) is 2.27. The summed E-state index contributed by atoms with van der Waals surface area (Å²) in [6, 6.07) is 7.78. The summed E-state index contributed by atoms with van der Waals surface area (Å²) < 4.78 is 24.1. The molecule has 0 heterocycles. The van der Waals surface area contributed by atoms with E-state index in [1.165, 1.54) is 0 Å². The van der Waals surface area contributed by atoms with Crippen molar-refractivity contribution in [2.24, 2.45) is 5.14 Å². The van der Waals surface area contributed by atoms with E-state index in [0.717, 1.165) is 30.8 Å². The van der Waals surface area contributed by atoms with Crippen LogP contribution in [0, 0.1) is 0 Å². The van der Waals surface area contributed by atoms with Crippen molar-refractivity contribution in [2.75, 3.05) is 13.1 Å². The Hall–Kier alpha value is -0.950. The summed E-state index contributed by atoms with van der Waals surface area (Å²) in [7, 11) is -3.64. The number of nitrogens with two attached hydrogens (primary N) is 1. The molecule has 0 aromatic heterocycles. The van der Waals surface area contributed by atoms with Crippen LogP contribution in [-0.2, 0) is 23.3 Å². The Kier molecular flexibility index (Phi) is 5.74. The molecule has 0 fully saturated rings. The molecule has 0 spiro atoms. The monoisotopic (exact) mass is 271 g/mol. The highest BCUT2D eigenvalue weighted by Gasteiger charge is 2.08. The minimum Gasteiger partial charge on any atom is -0.300 e. The van der Waals surface area contributed by atoms with E-state index >= 15 is 0 Å². The molecule has 1 rings (SSSR count). The Bertz CT molecular complexity index is 470. The van der Waals surface area contributed by atoms with Gasteiger partial charge in [0.25, 0.3) is 10.2 Å². The second-order valence-electron chi connectivity index (χ2n) is 4.10. The number of benzene rings is 1. The molecule has 0 amide bonds. The Morgan fingerprint density at radius 2 is 1.72 bits per heavy atom. The summed E-state index contributed by atoms with van der Waals surface area (Å²) in [5.74, 6) is 0. The predicted molar refractivity (Wildman–Crippen MR) is 73.0 cm³/mol. The molecular weight excluding hydrogens is 250 g/mol. The minimum atomic E-state index is -3.64. The van der Waals surface area contributed by atoms with Crippen LogP contribution in [0.15, 0.2) is 24.3 Å². The van der Waals surface area contributed by atoms with Crippen LogP contribution in [0.4, 0.5) is 0 Å². The molecule has 0 bridgehead atoms. The van der Waals surface area contributed by atoms with Gasteiger partial charge in [-0.15, -0.1) is 0 Å². The first-order valence-electron chi connectivity index (χ1n) is 6.02. The fraction of sp³-hybridized carbons (Fsp3) is 0.500. The van der Waals surface area contributed by atoms with Gasteiger partial charge in [-0.25, -0.2) is 5.14 Å². The van der Waals surface area contributed by atoms with E-state index in [2.05, 4.69) is 23.5 Å². The highest BCUT2D eigenvalue weighted by molar-refractivity contribution is 7.87. The number of nitrogens with one attached hydrogen (secondary N) is 1. The van der Waals surface area contributed by atoms with Gasteiger partial charge >= 0.3 is 0 Å². The lowest BCUT2D eigenvalue weighted by Gasteiger charge is -2.20. The normalized spacial score (nSPS) is 12.0. The lowest BCUT2D eigenvalue weighted by molar-refractivity contribution is 0.295. The van der Waals surface area contributed by atoms with Crippen LogP contribution in [0.2, 0.25) is 0 Å². The molecular formula is C12H21N3O2S. The quantitative estimate of drug-likeness (QED) is 0.771. The van der Waals surface area contributed by atoms with Crippen LogP contribution in [0.5, 0.6) is 0 Å². The van der Waals surface area contributed by atoms with Gasteiger partial charge in [-0.3, -0.25) is 4.90 Å². The molecule has 0 saturated carbocycles. The van der Waals surface area contributed by atoms with Gasteiger partial charge in [0.05, 0.1) is 0 Å². The summed E-state index contributed by atoms with van der Waals surface area (Å²) in [6.07, 6.45) is 0. The Morgan fingerprint density at radius 1 is 1.17 bits per heavy atom. The van der Waals surface area contributed by atoms with Crippen molar-refractivity contribution in [3.8, 4) is 0 Å². The Balaban J connectivity index is 2.79.